The molecule has 0 heterocycles. The Balaban J connectivity index is 3.81. The Labute approximate surface area is 84.5 Å². The largest absolute Gasteiger partial charge is 0.0837 e. The summed E-state index contributed by atoms with van der Waals surface area (Å²) in [5.74, 6) is 0. The first kappa shape index (κ1) is 10.3. The van der Waals surface area contributed by atoms with Crippen molar-refractivity contribution in [1.82, 2.24) is 0 Å². The van der Waals surface area contributed by atoms with Crippen molar-refractivity contribution >= 4 is 23.8 Å². The zero-order chi connectivity index (χ0) is 10.0. The molecule has 1 heteroatoms. The van der Waals surface area contributed by atoms with E-state index in [4.69, 9.17) is 11.6 Å². The smallest absolute Gasteiger partial charge is 0.0470 e. The van der Waals surface area contributed by atoms with E-state index in [-0.39, 0.29) is 0 Å². The van der Waals surface area contributed by atoms with Crippen molar-refractivity contribution in [3.63, 3.8) is 0 Å². The fourth-order valence-electron chi connectivity index (χ4n) is 1.63. The highest BCUT2D eigenvalue weighted by Crippen LogP contribution is 2.14. The average molecular weight is 195 g/mol. The third-order valence-electron chi connectivity index (χ3n) is 2.36. The van der Waals surface area contributed by atoms with Gasteiger partial charge in [0.25, 0.3) is 0 Å². The van der Waals surface area contributed by atoms with Gasteiger partial charge in [-0.2, -0.15) is 0 Å². The minimum absolute atomic E-state index is 0.888. The van der Waals surface area contributed by atoms with Crippen LogP contribution in [0.1, 0.15) is 25.0 Å². The van der Waals surface area contributed by atoms with Gasteiger partial charge in [0.05, 0.1) is 0 Å². The molecule has 13 heavy (non-hydrogen) atoms. The van der Waals surface area contributed by atoms with Gasteiger partial charge >= 0.3 is 0 Å². The number of halogens is 1. The first-order chi connectivity index (χ1) is 6.11. The molecule has 0 aliphatic carbocycles. The Kier molecular flexibility index (Phi) is 3.16. The highest BCUT2D eigenvalue weighted by molar-refractivity contribution is 6.32. The summed E-state index contributed by atoms with van der Waals surface area (Å²) >= 11 is 6.16. The molecule has 0 saturated heterocycles. The van der Waals surface area contributed by atoms with Crippen LogP contribution in [-0.4, -0.2) is 0 Å². The van der Waals surface area contributed by atoms with Crippen LogP contribution in [-0.2, 0) is 0 Å². The molecule has 0 amide bonds. The Morgan fingerprint density at radius 1 is 1.15 bits per heavy atom. The second-order valence-corrected chi connectivity index (χ2v) is 3.59. The molecule has 0 atom stereocenters. The fraction of sp³-hybridized carbons (Fsp3) is 0.333. The van der Waals surface area contributed by atoms with Crippen LogP contribution < -0.4 is 10.4 Å². The van der Waals surface area contributed by atoms with E-state index in [1.807, 2.05) is 13.8 Å². The molecule has 0 saturated carbocycles. The van der Waals surface area contributed by atoms with Crippen LogP contribution in [0, 0.1) is 13.8 Å². The lowest BCUT2D eigenvalue weighted by Crippen LogP contribution is -2.27. The lowest BCUT2D eigenvalue weighted by molar-refractivity contribution is 1.30. The summed E-state index contributed by atoms with van der Waals surface area (Å²) in [5, 5.41) is 3.40. The van der Waals surface area contributed by atoms with Gasteiger partial charge in [-0.15, -0.1) is 0 Å². The minimum Gasteiger partial charge on any atom is -0.0837 e. The summed E-state index contributed by atoms with van der Waals surface area (Å²) in [4.78, 5) is 0. The topological polar surface area (TPSA) is 0 Å². The molecule has 0 unspecified atom stereocenters. The highest BCUT2D eigenvalue weighted by atomic mass is 35.5. The van der Waals surface area contributed by atoms with Gasteiger partial charge in [-0.25, -0.2) is 0 Å². The molecular formula is C12H15Cl. The molecule has 1 aromatic rings. The molecule has 0 fully saturated rings. The molecule has 0 N–H and O–H groups in total. The minimum atomic E-state index is 0.888. The van der Waals surface area contributed by atoms with Crippen LogP contribution in [0.3, 0.4) is 0 Å². The molecule has 70 valence electrons. The van der Waals surface area contributed by atoms with E-state index in [0.717, 1.165) is 10.6 Å². The lowest BCUT2D eigenvalue weighted by Gasteiger charge is -2.03. The van der Waals surface area contributed by atoms with Crippen LogP contribution in [0.5, 0.6) is 0 Å². The first-order valence-electron chi connectivity index (χ1n) is 4.50. The van der Waals surface area contributed by atoms with Crippen molar-refractivity contribution in [2.45, 2.75) is 27.7 Å². The van der Waals surface area contributed by atoms with E-state index in [1.54, 1.807) is 0 Å². The van der Waals surface area contributed by atoms with E-state index in [0.29, 0.717) is 0 Å². The van der Waals surface area contributed by atoms with E-state index in [9.17, 15) is 0 Å². The number of rotatable bonds is 0. The summed E-state index contributed by atoms with van der Waals surface area (Å²) in [6.45, 7) is 8.20. The van der Waals surface area contributed by atoms with Crippen molar-refractivity contribution in [2.24, 2.45) is 0 Å². The molecule has 0 aliphatic heterocycles. The molecule has 0 radical (unpaired) electrons. The van der Waals surface area contributed by atoms with Crippen molar-refractivity contribution < 1.29 is 0 Å². The quantitative estimate of drug-likeness (QED) is 0.596. The van der Waals surface area contributed by atoms with Gasteiger partial charge in [-0.05, 0) is 49.3 Å². The standard InChI is InChI=1S/C12H15Cl/c1-5-10-7-8(3)12(13)9(4)11(10)6-2/h5-7H,1-4H3/b10-5-,11-6-. The van der Waals surface area contributed by atoms with Crippen molar-refractivity contribution in [3.05, 3.63) is 32.7 Å². The van der Waals surface area contributed by atoms with Gasteiger partial charge in [0.2, 0.25) is 0 Å². The Morgan fingerprint density at radius 3 is 2.23 bits per heavy atom. The summed E-state index contributed by atoms with van der Waals surface area (Å²) in [6.07, 6.45) is 4.22. The fourth-order valence-corrected chi connectivity index (χ4v) is 1.78. The molecule has 0 aromatic heterocycles. The van der Waals surface area contributed by atoms with Gasteiger partial charge in [0.1, 0.15) is 0 Å². The normalized spacial score (nSPS) is 13.9. The third-order valence-corrected chi connectivity index (χ3v) is 2.94. The predicted octanol–water partition coefficient (Wildman–Crippen LogP) is 2.56. The lowest BCUT2D eigenvalue weighted by atomic mass is 10.1. The van der Waals surface area contributed by atoms with E-state index in [1.165, 1.54) is 16.0 Å². The molecule has 0 spiro atoms. The number of aryl methyl sites for hydroxylation is 1. The van der Waals surface area contributed by atoms with Crippen molar-refractivity contribution in [2.75, 3.05) is 0 Å². The van der Waals surface area contributed by atoms with Crippen molar-refractivity contribution in [1.29, 1.82) is 0 Å². The second kappa shape index (κ2) is 3.97. The predicted molar refractivity (Wildman–Crippen MR) is 60.5 cm³/mol. The molecule has 0 nitrogen and oxygen atoms in total. The van der Waals surface area contributed by atoms with Crippen LogP contribution in [0.25, 0.3) is 12.2 Å². The summed E-state index contributed by atoms with van der Waals surface area (Å²) in [7, 11) is 0. The molecule has 1 rings (SSSR count). The van der Waals surface area contributed by atoms with Crippen molar-refractivity contribution in [3.8, 4) is 0 Å². The highest BCUT2D eigenvalue weighted by Gasteiger charge is 2.00. The Morgan fingerprint density at radius 2 is 1.77 bits per heavy atom. The molecular weight excluding hydrogens is 180 g/mol. The number of hydrogen-bond donors (Lipinski definition) is 0. The van der Waals surface area contributed by atoms with Gasteiger partial charge in [0, 0.05) is 5.02 Å². The molecule has 1 aromatic carbocycles. The third kappa shape index (κ3) is 1.78. The van der Waals surface area contributed by atoms with Gasteiger partial charge in [0.15, 0.2) is 0 Å². The van der Waals surface area contributed by atoms with Gasteiger partial charge < -0.3 is 0 Å². The second-order valence-electron chi connectivity index (χ2n) is 3.21. The van der Waals surface area contributed by atoms with Crippen LogP contribution in [0.4, 0.5) is 0 Å². The maximum absolute atomic E-state index is 6.16. The van der Waals surface area contributed by atoms with Crippen LogP contribution in [0.2, 0.25) is 5.02 Å². The SMILES string of the molecule is C/C=c1/cc(C)c(Cl)c(C)/c1=C/C. The monoisotopic (exact) mass is 194 g/mol. The Bertz CT molecular complexity index is 427. The zero-order valence-corrected chi connectivity index (χ0v) is 9.37. The van der Waals surface area contributed by atoms with E-state index in [2.05, 4.69) is 32.1 Å². The van der Waals surface area contributed by atoms with E-state index >= 15 is 0 Å². The van der Waals surface area contributed by atoms with Gasteiger partial charge in [-0.3, -0.25) is 0 Å². The number of hydrogen-bond acceptors (Lipinski definition) is 0. The Hall–Kier alpha value is -0.750. The van der Waals surface area contributed by atoms with Crippen LogP contribution in [0.15, 0.2) is 6.07 Å². The van der Waals surface area contributed by atoms with Crippen LogP contribution >= 0.6 is 11.6 Å². The molecule has 0 bridgehead atoms. The van der Waals surface area contributed by atoms with Gasteiger partial charge in [-0.1, -0.05) is 29.8 Å². The summed E-state index contributed by atoms with van der Waals surface area (Å²) in [5.41, 5.74) is 2.33. The maximum atomic E-state index is 6.16. The number of benzene rings is 1. The maximum Gasteiger partial charge on any atom is 0.0470 e. The first-order valence-corrected chi connectivity index (χ1v) is 4.88. The average Bonchev–Trinajstić information content (AvgIpc) is 2.13. The summed E-state index contributed by atoms with van der Waals surface area (Å²) < 4.78 is 0. The summed E-state index contributed by atoms with van der Waals surface area (Å²) in [6, 6.07) is 2.13. The van der Waals surface area contributed by atoms with E-state index < -0.39 is 0 Å². The zero-order valence-electron chi connectivity index (χ0n) is 8.61. The molecule has 0 aliphatic rings.